The van der Waals surface area contributed by atoms with Crippen LogP contribution in [0.2, 0.25) is 0 Å². The zero-order valence-corrected chi connectivity index (χ0v) is 13.9. The molecule has 1 N–H and O–H groups in total. The fourth-order valence-electron chi connectivity index (χ4n) is 2.32. The van der Waals surface area contributed by atoms with E-state index in [-0.39, 0.29) is 18.0 Å². The maximum absolute atomic E-state index is 12.5. The molecule has 1 aliphatic rings. The van der Waals surface area contributed by atoms with E-state index in [4.69, 9.17) is 4.74 Å². The van der Waals surface area contributed by atoms with Crippen LogP contribution in [0.5, 0.6) is 5.75 Å². The number of urea groups is 1. The van der Waals surface area contributed by atoms with Gasteiger partial charge in [0.2, 0.25) is 0 Å². The van der Waals surface area contributed by atoms with Crippen LogP contribution in [-0.4, -0.2) is 34.8 Å². The third-order valence-electron chi connectivity index (χ3n) is 3.39. The maximum Gasteiger partial charge on any atom is 0.325 e. The molecule has 1 fully saturated rings. The summed E-state index contributed by atoms with van der Waals surface area (Å²) < 4.78 is 5.58. The number of amides is 3. The lowest BCUT2D eigenvalue weighted by atomic mass is 9.92. The second-order valence-corrected chi connectivity index (χ2v) is 6.18. The van der Waals surface area contributed by atoms with Crippen molar-refractivity contribution in [2.75, 3.05) is 11.9 Å². The second-order valence-electron chi connectivity index (χ2n) is 5.39. The Kier molecular flexibility index (Phi) is 4.56. The van der Waals surface area contributed by atoms with Gasteiger partial charge in [-0.15, -0.1) is 0 Å². The Morgan fingerprint density at radius 1 is 1.29 bits per heavy atom. The van der Waals surface area contributed by atoms with Gasteiger partial charge in [-0.05, 0) is 38.5 Å². The van der Waals surface area contributed by atoms with Crippen LogP contribution < -0.4 is 10.1 Å². The standard InChI is InChI=1S/C15H19BrN2O3/c1-10(2)21-12-6-4-11(5-7-12)15(3)13(19)18(9-8-16)14(20)17-15/h4-7,10H,8-9H2,1-3H3,(H,17,20). The van der Waals surface area contributed by atoms with Crippen LogP contribution in [0.3, 0.4) is 0 Å². The average Bonchev–Trinajstić information content (AvgIpc) is 2.64. The Labute approximate surface area is 132 Å². The molecule has 0 spiro atoms. The van der Waals surface area contributed by atoms with Crippen molar-refractivity contribution in [2.45, 2.75) is 32.4 Å². The third kappa shape index (κ3) is 3.05. The van der Waals surface area contributed by atoms with E-state index >= 15 is 0 Å². The fourth-order valence-corrected chi connectivity index (χ4v) is 2.67. The van der Waals surface area contributed by atoms with Crippen molar-refractivity contribution >= 4 is 27.9 Å². The summed E-state index contributed by atoms with van der Waals surface area (Å²) in [5, 5.41) is 3.33. The molecule has 0 bridgehead atoms. The van der Waals surface area contributed by atoms with Crippen molar-refractivity contribution in [3.8, 4) is 5.75 Å². The molecule has 0 aromatic heterocycles. The molecule has 114 valence electrons. The summed E-state index contributed by atoms with van der Waals surface area (Å²) in [5.41, 5.74) is -0.274. The monoisotopic (exact) mass is 354 g/mol. The minimum absolute atomic E-state index is 0.0914. The van der Waals surface area contributed by atoms with Crippen LogP contribution in [0.25, 0.3) is 0 Å². The van der Waals surface area contributed by atoms with Crippen molar-refractivity contribution < 1.29 is 14.3 Å². The molecular formula is C15H19BrN2O3. The number of hydrogen-bond donors (Lipinski definition) is 1. The highest BCUT2D eigenvalue weighted by atomic mass is 79.9. The highest BCUT2D eigenvalue weighted by Gasteiger charge is 2.48. The molecule has 0 saturated carbocycles. The molecule has 1 aromatic rings. The Hall–Kier alpha value is -1.56. The molecule has 0 aliphatic carbocycles. The Morgan fingerprint density at radius 3 is 2.43 bits per heavy atom. The SMILES string of the molecule is CC(C)Oc1ccc(C2(C)NC(=O)N(CCBr)C2=O)cc1. The van der Waals surface area contributed by atoms with Crippen LogP contribution >= 0.6 is 15.9 Å². The zero-order chi connectivity index (χ0) is 15.6. The van der Waals surface area contributed by atoms with Crippen molar-refractivity contribution in [1.82, 2.24) is 10.2 Å². The summed E-state index contributed by atoms with van der Waals surface area (Å²) in [6, 6.07) is 6.89. The van der Waals surface area contributed by atoms with Gasteiger partial charge >= 0.3 is 6.03 Å². The maximum atomic E-state index is 12.5. The highest BCUT2D eigenvalue weighted by Crippen LogP contribution is 2.30. The molecule has 5 nitrogen and oxygen atoms in total. The van der Waals surface area contributed by atoms with Gasteiger partial charge in [0.25, 0.3) is 5.91 Å². The normalized spacial score (nSPS) is 21.9. The third-order valence-corrected chi connectivity index (χ3v) is 3.74. The van der Waals surface area contributed by atoms with Gasteiger partial charge in [-0.25, -0.2) is 4.79 Å². The first-order valence-electron chi connectivity index (χ1n) is 6.85. The number of benzene rings is 1. The number of carbonyl (C=O) groups excluding carboxylic acids is 2. The van der Waals surface area contributed by atoms with Gasteiger partial charge in [0.05, 0.1) is 6.10 Å². The minimum atomic E-state index is -1.02. The first-order chi connectivity index (χ1) is 9.88. The topological polar surface area (TPSA) is 58.6 Å². The largest absolute Gasteiger partial charge is 0.491 e. The Morgan fingerprint density at radius 2 is 1.90 bits per heavy atom. The number of rotatable bonds is 5. The lowest BCUT2D eigenvalue weighted by Gasteiger charge is -2.22. The van der Waals surface area contributed by atoms with Gasteiger partial charge in [0.1, 0.15) is 11.3 Å². The summed E-state index contributed by atoms with van der Waals surface area (Å²) in [5.74, 6) is 0.510. The van der Waals surface area contributed by atoms with Gasteiger partial charge in [-0.2, -0.15) is 0 Å². The zero-order valence-electron chi connectivity index (χ0n) is 12.4. The van der Waals surface area contributed by atoms with Crippen molar-refractivity contribution in [3.05, 3.63) is 29.8 Å². The lowest BCUT2D eigenvalue weighted by molar-refractivity contribution is -0.130. The van der Waals surface area contributed by atoms with E-state index in [9.17, 15) is 9.59 Å². The molecule has 1 aliphatic heterocycles. The predicted octanol–water partition coefficient (Wildman–Crippen LogP) is 2.64. The van der Waals surface area contributed by atoms with E-state index in [0.29, 0.717) is 11.9 Å². The molecule has 1 saturated heterocycles. The molecule has 1 aromatic carbocycles. The van der Waals surface area contributed by atoms with E-state index in [2.05, 4.69) is 21.2 Å². The van der Waals surface area contributed by atoms with Crippen LogP contribution in [-0.2, 0) is 10.3 Å². The van der Waals surface area contributed by atoms with Gasteiger partial charge in [0, 0.05) is 11.9 Å². The van der Waals surface area contributed by atoms with Crippen LogP contribution in [0.1, 0.15) is 26.3 Å². The number of nitrogens with zero attached hydrogens (tertiary/aromatic N) is 1. The van der Waals surface area contributed by atoms with E-state index in [0.717, 1.165) is 11.3 Å². The highest BCUT2D eigenvalue weighted by molar-refractivity contribution is 9.09. The summed E-state index contributed by atoms with van der Waals surface area (Å²) in [4.78, 5) is 25.6. The van der Waals surface area contributed by atoms with Crippen LogP contribution in [0.15, 0.2) is 24.3 Å². The molecule has 1 heterocycles. The summed E-state index contributed by atoms with van der Waals surface area (Å²) >= 11 is 3.25. The number of imide groups is 1. The molecule has 21 heavy (non-hydrogen) atoms. The molecule has 1 unspecified atom stereocenters. The first-order valence-corrected chi connectivity index (χ1v) is 7.98. The number of nitrogens with one attached hydrogen (secondary N) is 1. The van der Waals surface area contributed by atoms with Gasteiger partial charge in [-0.3, -0.25) is 9.69 Å². The van der Waals surface area contributed by atoms with Crippen molar-refractivity contribution in [2.24, 2.45) is 0 Å². The first kappa shape index (κ1) is 15.8. The Balaban J connectivity index is 2.24. The van der Waals surface area contributed by atoms with E-state index in [1.54, 1.807) is 6.92 Å². The minimum Gasteiger partial charge on any atom is -0.491 e. The molecular weight excluding hydrogens is 336 g/mol. The van der Waals surface area contributed by atoms with Gasteiger partial charge < -0.3 is 10.1 Å². The second kappa shape index (κ2) is 6.05. The number of ether oxygens (including phenoxy) is 1. The molecule has 0 radical (unpaired) electrons. The van der Waals surface area contributed by atoms with Gasteiger partial charge in [-0.1, -0.05) is 28.1 Å². The molecule has 2 rings (SSSR count). The van der Waals surface area contributed by atoms with E-state index in [1.807, 2.05) is 38.1 Å². The number of halogens is 1. The Bertz CT molecular complexity index is 544. The predicted molar refractivity (Wildman–Crippen MR) is 83.6 cm³/mol. The van der Waals surface area contributed by atoms with E-state index in [1.165, 1.54) is 4.90 Å². The molecule has 1 atom stereocenters. The van der Waals surface area contributed by atoms with Crippen LogP contribution in [0.4, 0.5) is 4.79 Å². The number of carbonyl (C=O) groups is 2. The van der Waals surface area contributed by atoms with Gasteiger partial charge in [0.15, 0.2) is 0 Å². The quantitative estimate of drug-likeness (QED) is 0.653. The van der Waals surface area contributed by atoms with Crippen molar-refractivity contribution in [3.63, 3.8) is 0 Å². The van der Waals surface area contributed by atoms with Crippen LogP contribution in [0, 0.1) is 0 Å². The molecule has 6 heteroatoms. The summed E-state index contributed by atoms with van der Waals surface area (Å²) in [7, 11) is 0. The smallest absolute Gasteiger partial charge is 0.325 e. The fraction of sp³-hybridized carbons (Fsp3) is 0.467. The number of alkyl halides is 1. The summed E-state index contributed by atoms with van der Waals surface area (Å²) in [6.45, 7) is 5.98. The average molecular weight is 355 g/mol. The summed E-state index contributed by atoms with van der Waals surface area (Å²) in [6.07, 6.45) is 0.0914. The van der Waals surface area contributed by atoms with E-state index < -0.39 is 5.54 Å². The van der Waals surface area contributed by atoms with Crippen molar-refractivity contribution in [1.29, 1.82) is 0 Å². The lowest BCUT2D eigenvalue weighted by Crippen LogP contribution is -2.41. The molecule has 3 amide bonds. The number of hydrogen-bond acceptors (Lipinski definition) is 3.